The van der Waals surface area contributed by atoms with Gasteiger partial charge in [0.2, 0.25) is 5.91 Å². The molecule has 2 aliphatic rings. The molecule has 33 heavy (non-hydrogen) atoms. The molecule has 0 radical (unpaired) electrons. The molecule has 8 heteroatoms. The van der Waals surface area contributed by atoms with E-state index in [4.69, 9.17) is 9.47 Å². The molecule has 0 saturated carbocycles. The van der Waals surface area contributed by atoms with Crippen molar-refractivity contribution >= 4 is 23.1 Å². The van der Waals surface area contributed by atoms with Gasteiger partial charge < -0.3 is 9.47 Å². The number of amides is 1. The second-order valence-corrected chi connectivity index (χ2v) is 9.18. The van der Waals surface area contributed by atoms with E-state index in [0.29, 0.717) is 41.3 Å². The molecule has 0 N–H and O–H groups in total. The molecule has 0 bridgehead atoms. The molecule has 2 aromatic rings. The smallest absolute Gasteiger partial charge is 0.271 e. The van der Waals surface area contributed by atoms with Crippen LogP contribution in [-0.2, 0) is 9.59 Å². The van der Waals surface area contributed by atoms with Crippen molar-refractivity contribution in [1.82, 2.24) is 0 Å². The minimum atomic E-state index is -0.490. The Hall–Kier alpha value is -3.68. The van der Waals surface area contributed by atoms with Gasteiger partial charge in [0.15, 0.2) is 17.3 Å². The van der Waals surface area contributed by atoms with Crippen molar-refractivity contribution in [2.45, 2.75) is 39.0 Å². The first-order chi connectivity index (χ1) is 15.6. The molecule has 1 amide bonds. The van der Waals surface area contributed by atoms with Crippen LogP contribution < -0.4 is 14.4 Å². The summed E-state index contributed by atoms with van der Waals surface area (Å²) in [4.78, 5) is 39.2. The molecule has 2 aromatic carbocycles. The Balaban J connectivity index is 1.89. The van der Waals surface area contributed by atoms with Crippen molar-refractivity contribution in [2.75, 3.05) is 19.1 Å². The van der Waals surface area contributed by atoms with Crippen molar-refractivity contribution in [1.29, 1.82) is 0 Å². The maximum Gasteiger partial charge on any atom is 0.271 e. The molecule has 0 aromatic heterocycles. The van der Waals surface area contributed by atoms with Crippen LogP contribution in [0.15, 0.2) is 53.7 Å². The third-order valence-electron chi connectivity index (χ3n) is 6.25. The number of hydrogen-bond donors (Lipinski definition) is 0. The van der Waals surface area contributed by atoms with Gasteiger partial charge in [0.05, 0.1) is 24.8 Å². The minimum Gasteiger partial charge on any atom is -0.493 e. The molecule has 1 aliphatic carbocycles. The third kappa shape index (κ3) is 4.08. The highest BCUT2D eigenvalue weighted by atomic mass is 16.6. The highest BCUT2D eigenvalue weighted by Crippen LogP contribution is 2.49. The predicted octanol–water partition coefficient (Wildman–Crippen LogP) is 4.78. The van der Waals surface area contributed by atoms with E-state index < -0.39 is 10.8 Å². The number of hydrogen-bond acceptors (Lipinski definition) is 6. The second kappa shape index (κ2) is 8.35. The Morgan fingerprint density at radius 2 is 1.76 bits per heavy atom. The molecule has 0 saturated heterocycles. The van der Waals surface area contributed by atoms with Gasteiger partial charge in [-0.25, -0.2) is 0 Å². The van der Waals surface area contributed by atoms with Crippen LogP contribution in [-0.4, -0.2) is 30.8 Å². The lowest BCUT2D eigenvalue weighted by Crippen LogP contribution is -2.43. The standard InChI is InChI=1S/C25H26N2O6/c1-25(2)13-19-24(20(28)14-25)18(15-8-9-21(32-3)22(10-15)33-4)12-23(29)26(19)16-6-5-7-17(11-16)27(30)31/h5-11,18H,12-14H2,1-4H3. The van der Waals surface area contributed by atoms with Crippen LogP contribution in [0.5, 0.6) is 11.5 Å². The lowest BCUT2D eigenvalue weighted by Gasteiger charge is -2.43. The highest BCUT2D eigenvalue weighted by molar-refractivity contribution is 6.08. The van der Waals surface area contributed by atoms with Crippen LogP contribution in [0.2, 0.25) is 0 Å². The van der Waals surface area contributed by atoms with E-state index in [1.54, 1.807) is 31.4 Å². The molecule has 4 rings (SSSR count). The molecule has 1 aliphatic heterocycles. The van der Waals surface area contributed by atoms with Gasteiger partial charge in [0.25, 0.3) is 5.69 Å². The van der Waals surface area contributed by atoms with Crippen LogP contribution in [0.3, 0.4) is 0 Å². The third-order valence-corrected chi connectivity index (χ3v) is 6.25. The van der Waals surface area contributed by atoms with Gasteiger partial charge in [0, 0.05) is 42.2 Å². The fraction of sp³-hybridized carbons (Fsp3) is 0.360. The fourth-order valence-corrected chi connectivity index (χ4v) is 4.81. The number of allylic oxidation sites excluding steroid dienone is 2. The first-order valence-corrected chi connectivity index (χ1v) is 10.7. The number of non-ortho nitro benzene ring substituents is 1. The molecule has 0 spiro atoms. The number of nitro groups is 1. The maximum absolute atomic E-state index is 13.5. The Kier molecular flexibility index (Phi) is 5.69. The summed E-state index contributed by atoms with van der Waals surface area (Å²) >= 11 is 0. The van der Waals surface area contributed by atoms with Gasteiger partial charge in [-0.2, -0.15) is 0 Å². The van der Waals surface area contributed by atoms with E-state index in [1.807, 2.05) is 19.9 Å². The summed E-state index contributed by atoms with van der Waals surface area (Å²) < 4.78 is 10.8. The molecule has 1 unspecified atom stereocenters. The summed E-state index contributed by atoms with van der Waals surface area (Å²) in [6.07, 6.45) is 0.946. The summed E-state index contributed by atoms with van der Waals surface area (Å²) in [5.74, 6) is 0.440. The lowest BCUT2D eigenvalue weighted by atomic mass is 9.69. The highest BCUT2D eigenvalue weighted by Gasteiger charge is 2.44. The average molecular weight is 450 g/mol. The van der Waals surface area contributed by atoms with Crippen LogP contribution >= 0.6 is 0 Å². The summed E-state index contributed by atoms with van der Waals surface area (Å²) in [7, 11) is 3.09. The Morgan fingerprint density at radius 3 is 2.42 bits per heavy atom. The Bertz CT molecular complexity index is 1180. The second-order valence-electron chi connectivity index (χ2n) is 9.18. The quantitative estimate of drug-likeness (QED) is 0.480. The molecule has 1 heterocycles. The zero-order valence-electron chi connectivity index (χ0n) is 19.1. The number of benzene rings is 2. The van der Waals surface area contributed by atoms with Crippen molar-refractivity contribution in [3.8, 4) is 11.5 Å². The van der Waals surface area contributed by atoms with E-state index in [-0.39, 0.29) is 29.2 Å². The minimum absolute atomic E-state index is 0.0102. The summed E-state index contributed by atoms with van der Waals surface area (Å²) in [5.41, 5.74) is 1.96. The number of carbonyl (C=O) groups is 2. The normalized spacial score (nSPS) is 19.9. The van der Waals surface area contributed by atoms with Crippen molar-refractivity contribution < 1.29 is 24.0 Å². The molecule has 0 fully saturated rings. The van der Waals surface area contributed by atoms with E-state index in [1.165, 1.54) is 24.1 Å². The van der Waals surface area contributed by atoms with Gasteiger partial charge >= 0.3 is 0 Å². The lowest BCUT2D eigenvalue weighted by molar-refractivity contribution is -0.384. The average Bonchev–Trinajstić information content (AvgIpc) is 2.77. The van der Waals surface area contributed by atoms with Gasteiger partial charge in [0.1, 0.15) is 0 Å². The number of nitrogens with zero attached hydrogens (tertiary/aromatic N) is 2. The van der Waals surface area contributed by atoms with Crippen molar-refractivity contribution in [3.63, 3.8) is 0 Å². The zero-order chi connectivity index (χ0) is 23.9. The first-order valence-electron chi connectivity index (χ1n) is 10.7. The topological polar surface area (TPSA) is 99.0 Å². The number of anilines is 1. The molecule has 172 valence electrons. The largest absolute Gasteiger partial charge is 0.493 e. The van der Waals surface area contributed by atoms with Crippen LogP contribution in [0, 0.1) is 15.5 Å². The van der Waals surface area contributed by atoms with E-state index >= 15 is 0 Å². The molecular formula is C25H26N2O6. The van der Waals surface area contributed by atoms with Gasteiger partial charge in [-0.05, 0) is 35.6 Å². The van der Waals surface area contributed by atoms with E-state index in [2.05, 4.69) is 0 Å². The summed E-state index contributed by atoms with van der Waals surface area (Å²) in [6.45, 7) is 3.98. The maximum atomic E-state index is 13.5. The fourth-order valence-electron chi connectivity index (χ4n) is 4.81. The number of ketones is 1. The summed E-state index contributed by atoms with van der Waals surface area (Å²) in [6, 6.07) is 11.4. The number of Topliss-reactive ketones (excluding diaryl/α,β-unsaturated/α-hetero) is 1. The van der Waals surface area contributed by atoms with Crippen molar-refractivity contribution in [2.24, 2.45) is 5.41 Å². The SMILES string of the molecule is COc1ccc(C2CC(=O)N(c3cccc([N+](=O)[O-])c3)C3=C2C(=O)CC(C)(C)C3)cc1OC. The van der Waals surface area contributed by atoms with E-state index in [0.717, 1.165) is 5.56 Å². The number of ether oxygens (including phenoxy) is 2. The van der Waals surface area contributed by atoms with E-state index in [9.17, 15) is 19.7 Å². The molecular weight excluding hydrogens is 424 g/mol. The number of nitro benzene ring substituents is 1. The van der Waals surface area contributed by atoms with Gasteiger partial charge in [-0.15, -0.1) is 0 Å². The van der Waals surface area contributed by atoms with Crippen LogP contribution in [0.4, 0.5) is 11.4 Å². The number of carbonyl (C=O) groups excluding carboxylic acids is 2. The molecule has 1 atom stereocenters. The zero-order valence-corrected chi connectivity index (χ0v) is 19.1. The van der Waals surface area contributed by atoms with Crippen molar-refractivity contribution in [3.05, 3.63) is 69.4 Å². The first kappa shape index (κ1) is 22.5. The number of rotatable bonds is 5. The Morgan fingerprint density at radius 1 is 1.03 bits per heavy atom. The van der Waals surface area contributed by atoms with Gasteiger partial charge in [-0.3, -0.25) is 24.6 Å². The molecule has 8 nitrogen and oxygen atoms in total. The summed E-state index contributed by atoms with van der Waals surface area (Å²) in [5, 5.41) is 11.3. The predicted molar refractivity (Wildman–Crippen MR) is 123 cm³/mol. The van der Waals surface area contributed by atoms with Gasteiger partial charge in [-0.1, -0.05) is 26.0 Å². The Labute approximate surface area is 191 Å². The van der Waals surface area contributed by atoms with Crippen LogP contribution in [0.1, 0.15) is 44.6 Å². The van der Waals surface area contributed by atoms with Crippen LogP contribution in [0.25, 0.3) is 0 Å². The number of methoxy groups -OCH3 is 2. The monoisotopic (exact) mass is 450 g/mol.